The molecule has 2 bridgehead atoms. The van der Waals surface area contributed by atoms with Crippen molar-refractivity contribution >= 4 is 28.3 Å². The molecule has 6 rings (SSSR count). The molecule has 4 aliphatic rings. The zero-order valence-electron chi connectivity index (χ0n) is 14.1. The quantitative estimate of drug-likeness (QED) is 0.587. The van der Waals surface area contributed by atoms with Crippen molar-refractivity contribution in [3.8, 4) is 0 Å². The highest BCUT2D eigenvalue weighted by Crippen LogP contribution is 2.77. The van der Waals surface area contributed by atoms with E-state index in [0.29, 0.717) is 0 Å². The first-order chi connectivity index (χ1) is 12.1. The number of allylic oxidation sites excluding steroid dienone is 2. The van der Waals surface area contributed by atoms with Crippen molar-refractivity contribution in [2.24, 2.45) is 28.6 Å². The van der Waals surface area contributed by atoms with E-state index in [1.165, 1.54) is 4.90 Å². The fourth-order valence-corrected chi connectivity index (χ4v) is 6.20. The van der Waals surface area contributed by atoms with Crippen molar-refractivity contribution in [1.29, 1.82) is 0 Å². The number of anilines is 1. The maximum atomic E-state index is 13.5. The average Bonchev–Trinajstić information content (AvgIpc) is 3.24. The fraction of sp³-hybridized carbons (Fsp3) is 0.364. The third kappa shape index (κ3) is 1.34. The summed E-state index contributed by atoms with van der Waals surface area (Å²) in [6.07, 6.45) is 6.78. The lowest BCUT2D eigenvalue weighted by Crippen LogP contribution is -2.39. The summed E-state index contributed by atoms with van der Waals surface area (Å²) < 4.78 is 0. The number of nitrogens with zero attached hydrogens (tertiary/aromatic N) is 1. The summed E-state index contributed by atoms with van der Waals surface area (Å²) in [5.41, 5.74) is 0.396. The van der Waals surface area contributed by atoms with Crippen molar-refractivity contribution in [3.05, 3.63) is 54.6 Å². The number of carbonyl (C=O) groups excluding carboxylic acids is 2. The number of hydrogen-bond donors (Lipinski definition) is 0. The minimum Gasteiger partial charge on any atom is -0.274 e. The van der Waals surface area contributed by atoms with Gasteiger partial charge in [-0.3, -0.25) is 9.59 Å². The molecule has 1 spiro atoms. The highest BCUT2D eigenvalue weighted by molar-refractivity contribution is 6.27. The first kappa shape index (κ1) is 13.8. The molecule has 2 amide bonds. The Balaban J connectivity index is 1.54. The highest BCUT2D eigenvalue weighted by Gasteiger charge is 2.78. The Morgan fingerprint density at radius 1 is 1.00 bits per heavy atom. The van der Waals surface area contributed by atoms with Gasteiger partial charge >= 0.3 is 0 Å². The van der Waals surface area contributed by atoms with Crippen molar-refractivity contribution in [2.45, 2.75) is 19.8 Å². The van der Waals surface area contributed by atoms with Gasteiger partial charge in [0.1, 0.15) is 0 Å². The molecule has 1 saturated heterocycles. The van der Waals surface area contributed by atoms with E-state index in [1.54, 1.807) is 0 Å². The van der Waals surface area contributed by atoms with Crippen LogP contribution in [-0.2, 0) is 9.59 Å². The number of imide groups is 1. The third-order valence-corrected chi connectivity index (χ3v) is 7.43. The molecule has 1 aliphatic heterocycles. The van der Waals surface area contributed by atoms with Crippen LogP contribution in [0.4, 0.5) is 5.69 Å². The van der Waals surface area contributed by atoms with Crippen LogP contribution in [0.3, 0.4) is 0 Å². The summed E-state index contributed by atoms with van der Waals surface area (Å²) in [7, 11) is 0. The van der Waals surface area contributed by atoms with Gasteiger partial charge in [-0.05, 0) is 48.5 Å². The van der Waals surface area contributed by atoms with E-state index in [0.717, 1.165) is 29.3 Å². The van der Waals surface area contributed by atoms with Crippen LogP contribution >= 0.6 is 0 Å². The monoisotopic (exact) mass is 329 g/mol. The molecule has 0 N–H and O–H groups in total. The number of amides is 2. The lowest BCUT2D eigenvalue weighted by Gasteiger charge is -2.29. The normalized spacial score (nSPS) is 36.7. The molecule has 4 atom stereocenters. The molecule has 3 heteroatoms. The lowest BCUT2D eigenvalue weighted by atomic mass is 9.71. The number of fused-ring (bicyclic) bond motifs is 4. The Kier molecular flexibility index (Phi) is 2.23. The van der Waals surface area contributed by atoms with Gasteiger partial charge in [-0.1, -0.05) is 48.6 Å². The maximum Gasteiger partial charge on any atom is 0.241 e. The smallest absolute Gasteiger partial charge is 0.241 e. The number of hydrogen-bond acceptors (Lipinski definition) is 2. The molecule has 2 saturated carbocycles. The van der Waals surface area contributed by atoms with Crippen LogP contribution in [0.15, 0.2) is 54.6 Å². The third-order valence-electron chi connectivity index (χ3n) is 7.43. The van der Waals surface area contributed by atoms with Crippen LogP contribution in [0.25, 0.3) is 10.8 Å². The van der Waals surface area contributed by atoms with Crippen molar-refractivity contribution in [3.63, 3.8) is 0 Å². The molecule has 0 radical (unpaired) electrons. The van der Waals surface area contributed by atoms with Gasteiger partial charge in [0.2, 0.25) is 11.8 Å². The molecule has 124 valence electrons. The van der Waals surface area contributed by atoms with E-state index >= 15 is 0 Å². The van der Waals surface area contributed by atoms with Crippen LogP contribution in [-0.4, -0.2) is 11.8 Å². The molecule has 0 aromatic heterocycles. The number of rotatable bonds is 1. The van der Waals surface area contributed by atoms with Gasteiger partial charge in [-0.2, -0.15) is 0 Å². The minimum atomic E-state index is -0.566. The van der Waals surface area contributed by atoms with Gasteiger partial charge in [-0.15, -0.1) is 0 Å². The fourth-order valence-electron chi connectivity index (χ4n) is 6.20. The van der Waals surface area contributed by atoms with Gasteiger partial charge < -0.3 is 0 Å². The molecule has 3 fully saturated rings. The number of carbonyl (C=O) groups is 2. The average molecular weight is 329 g/mol. The van der Waals surface area contributed by atoms with Gasteiger partial charge in [0.25, 0.3) is 0 Å². The van der Waals surface area contributed by atoms with Gasteiger partial charge in [-0.25, -0.2) is 4.90 Å². The maximum absolute atomic E-state index is 13.5. The van der Waals surface area contributed by atoms with Crippen molar-refractivity contribution in [2.75, 3.05) is 4.90 Å². The predicted octanol–water partition coefficient (Wildman–Crippen LogP) is 3.93. The van der Waals surface area contributed by atoms with Crippen molar-refractivity contribution < 1.29 is 9.59 Å². The highest BCUT2D eigenvalue weighted by atomic mass is 16.2. The first-order valence-corrected chi connectivity index (χ1v) is 9.13. The van der Waals surface area contributed by atoms with Crippen molar-refractivity contribution in [1.82, 2.24) is 0 Å². The topological polar surface area (TPSA) is 37.4 Å². The van der Waals surface area contributed by atoms with Crippen LogP contribution in [0.5, 0.6) is 0 Å². The molecular formula is C22H19NO2. The first-order valence-electron chi connectivity index (χ1n) is 9.13. The minimum absolute atomic E-state index is 0.00183. The predicted molar refractivity (Wildman–Crippen MR) is 95.8 cm³/mol. The van der Waals surface area contributed by atoms with Crippen LogP contribution in [0, 0.1) is 28.6 Å². The van der Waals surface area contributed by atoms with Crippen LogP contribution < -0.4 is 4.90 Å². The Labute approximate surface area is 146 Å². The molecule has 1 heterocycles. The van der Waals surface area contributed by atoms with Gasteiger partial charge in [0.15, 0.2) is 0 Å². The summed E-state index contributed by atoms with van der Waals surface area (Å²) in [5, 5.41) is 2.03. The molecule has 3 aliphatic carbocycles. The summed E-state index contributed by atoms with van der Waals surface area (Å²) in [5.74, 6) is 0.302. The SMILES string of the molecule is C[C@@]12C(=O)N(c3cccc4ccccc34)C(=O)[C@H]1[C@H]1C=C[C@H]2C12CC2. The molecule has 25 heavy (non-hydrogen) atoms. The van der Waals surface area contributed by atoms with E-state index in [1.807, 2.05) is 49.4 Å². The van der Waals surface area contributed by atoms with E-state index in [-0.39, 0.29) is 35.0 Å². The van der Waals surface area contributed by atoms with E-state index in [2.05, 4.69) is 12.2 Å². The largest absolute Gasteiger partial charge is 0.274 e. The van der Waals surface area contributed by atoms with Crippen LogP contribution in [0.2, 0.25) is 0 Å². The standard InChI is InChI=1S/C22H19NO2/c1-21-17-10-9-15(22(17)11-12-22)18(21)19(24)23(20(21)25)16-8-4-6-13-5-2-3-7-14(13)16/h2-10,15,17-18H,11-12H2,1H3/t15-,17-,18-,21+/m1/s1. The summed E-state index contributed by atoms with van der Waals surface area (Å²) in [6, 6.07) is 13.8. The van der Waals surface area contributed by atoms with Crippen LogP contribution in [0.1, 0.15) is 19.8 Å². The van der Waals surface area contributed by atoms with Gasteiger partial charge in [0.05, 0.1) is 17.0 Å². The molecule has 2 aromatic rings. The Morgan fingerprint density at radius 3 is 2.52 bits per heavy atom. The second-order valence-corrected chi connectivity index (χ2v) is 8.36. The summed E-state index contributed by atoms with van der Waals surface area (Å²) in [4.78, 5) is 28.5. The molecular weight excluding hydrogens is 310 g/mol. The van der Waals surface area contributed by atoms with E-state index in [4.69, 9.17) is 0 Å². The molecule has 3 nitrogen and oxygen atoms in total. The van der Waals surface area contributed by atoms with Gasteiger partial charge in [0, 0.05) is 5.39 Å². The summed E-state index contributed by atoms with van der Waals surface area (Å²) in [6.45, 7) is 2.04. The molecule has 0 unspecified atom stereocenters. The summed E-state index contributed by atoms with van der Waals surface area (Å²) >= 11 is 0. The number of benzene rings is 2. The Hall–Kier alpha value is -2.42. The zero-order chi connectivity index (χ0) is 17.0. The van der Waals surface area contributed by atoms with E-state index < -0.39 is 5.41 Å². The lowest BCUT2D eigenvalue weighted by molar-refractivity contribution is -0.127. The van der Waals surface area contributed by atoms with E-state index in [9.17, 15) is 9.59 Å². The Bertz CT molecular complexity index is 997. The second-order valence-electron chi connectivity index (χ2n) is 8.36. The zero-order valence-corrected chi connectivity index (χ0v) is 14.1. The second kappa shape index (κ2) is 4.04. The Morgan fingerprint density at radius 2 is 1.76 bits per heavy atom. The molecule has 2 aromatic carbocycles.